The summed E-state index contributed by atoms with van der Waals surface area (Å²) < 4.78 is 12.2. The molecule has 1 amide bonds. The summed E-state index contributed by atoms with van der Waals surface area (Å²) in [6.07, 6.45) is 0.748. The minimum Gasteiger partial charge on any atom is -0.495 e. The molecule has 2 rings (SSSR count). The molecular formula is C17H17Br2NO3. The molecule has 0 saturated heterocycles. The van der Waals surface area contributed by atoms with Crippen LogP contribution in [0.25, 0.3) is 0 Å². The van der Waals surface area contributed by atoms with Gasteiger partial charge in [-0.2, -0.15) is 0 Å². The summed E-state index contributed by atoms with van der Waals surface area (Å²) in [7, 11) is 3.10. The van der Waals surface area contributed by atoms with Gasteiger partial charge in [-0.25, -0.2) is 0 Å². The molecule has 0 aliphatic rings. The highest BCUT2D eigenvalue weighted by molar-refractivity contribution is 9.11. The van der Waals surface area contributed by atoms with Crippen LogP contribution in [0, 0.1) is 0 Å². The Bertz CT molecular complexity index is 679. The van der Waals surface area contributed by atoms with Crippen molar-refractivity contribution in [3.63, 3.8) is 0 Å². The number of carbonyl (C=O) groups excluding carboxylic acids is 1. The lowest BCUT2D eigenvalue weighted by Crippen LogP contribution is -2.25. The van der Waals surface area contributed by atoms with E-state index in [1.165, 1.54) is 0 Å². The summed E-state index contributed by atoms with van der Waals surface area (Å²) >= 11 is 6.89. The van der Waals surface area contributed by atoms with Crippen molar-refractivity contribution in [2.75, 3.05) is 20.8 Å². The van der Waals surface area contributed by atoms with Gasteiger partial charge in [-0.3, -0.25) is 4.79 Å². The number of benzene rings is 2. The van der Waals surface area contributed by atoms with E-state index in [1.54, 1.807) is 26.4 Å². The molecule has 1 N–H and O–H groups in total. The van der Waals surface area contributed by atoms with Crippen LogP contribution in [0.1, 0.15) is 15.9 Å². The number of ether oxygens (including phenoxy) is 2. The molecule has 0 unspecified atom stereocenters. The van der Waals surface area contributed by atoms with Gasteiger partial charge in [0, 0.05) is 16.6 Å². The highest BCUT2D eigenvalue weighted by Gasteiger charge is 2.14. The topological polar surface area (TPSA) is 47.6 Å². The highest BCUT2D eigenvalue weighted by atomic mass is 79.9. The van der Waals surface area contributed by atoms with Crippen LogP contribution in [0.3, 0.4) is 0 Å². The molecule has 122 valence electrons. The van der Waals surface area contributed by atoms with E-state index in [-0.39, 0.29) is 5.91 Å². The maximum Gasteiger partial charge on any atom is 0.251 e. The zero-order chi connectivity index (χ0) is 16.8. The van der Waals surface area contributed by atoms with Crippen molar-refractivity contribution in [3.05, 3.63) is 56.5 Å². The first-order chi connectivity index (χ1) is 11.1. The molecule has 0 aliphatic carbocycles. The van der Waals surface area contributed by atoms with Gasteiger partial charge in [0.15, 0.2) is 0 Å². The Morgan fingerprint density at radius 3 is 2.26 bits per heavy atom. The SMILES string of the molecule is COc1cc(C(=O)NCCc2ccccc2Br)cc(OC)c1Br. The van der Waals surface area contributed by atoms with E-state index < -0.39 is 0 Å². The molecule has 0 saturated carbocycles. The van der Waals surface area contributed by atoms with Crippen LogP contribution in [-0.2, 0) is 6.42 Å². The van der Waals surface area contributed by atoms with Gasteiger partial charge < -0.3 is 14.8 Å². The van der Waals surface area contributed by atoms with Gasteiger partial charge in [0.2, 0.25) is 0 Å². The second kappa shape index (κ2) is 8.36. The molecule has 0 radical (unpaired) electrons. The predicted molar refractivity (Wildman–Crippen MR) is 97.4 cm³/mol. The van der Waals surface area contributed by atoms with Crippen molar-refractivity contribution >= 4 is 37.8 Å². The Hall–Kier alpha value is -1.53. The fourth-order valence-corrected chi connectivity index (χ4v) is 3.15. The number of amides is 1. The van der Waals surface area contributed by atoms with Crippen LogP contribution in [0.5, 0.6) is 11.5 Å². The fraction of sp³-hybridized carbons (Fsp3) is 0.235. The van der Waals surface area contributed by atoms with E-state index in [0.29, 0.717) is 28.1 Å². The molecule has 0 aliphatic heterocycles. The Kier molecular flexibility index (Phi) is 6.47. The Morgan fingerprint density at radius 2 is 1.70 bits per heavy atom. The third kappa shape index (κ3) is 4.48. The molecule has 23 heavy (non-hydrogen) atoms. The number of methoxy groups -OCH3 is 2. The van der Waals surface area contributed by atoms with Crippen molar-refractivity contribution in [2.24, 2.45) is 0 Å². The number of nitrogens with one attached hydrogen (secondary N) is 1. The summed E-state index contributed by atoms with van der Waals surface area (Å²) in [5.74, 6) is 0.946. The molecule has 2 aromatic carbocycles. The number of hydrogen-bond acceptors (Lipinski definition) is 3. The molecule has 6 heteroatoms. The van der Waals surface area contributed by atoms with E-state index in [9.17, 15) is 4.79 Å². The smallest absolute Gasteiger partial charge is 0.251 e. The van der Waals surface area contributed by atoms with Crippen molar-refractivity contribution in [1.29, 1.82) is 0 Å². The third-order valence-corrected chi connectivity index (χ3v) is 4.90. The normalized spacial score (nSPS) is 10.3. The van der Waals surface area contributed by atoms with E-state index in [2.05, 4.69) is 37.2 Å². The van der Waals surface area contributed by atoms with E-state index in [4.69, 9.17) is 9.47 Å². The summed E-state index contributed by atoms with van der Waals surface area (Å²) in [5, 5.41) is 2.91. The molecular weight excluding hydrogens is 426 g/mol. The van der Waals surface area contributed by atoms with Crippen molar-refractivity contribution < 1.29 is 14.3 Å². The molecule has 4 nitrogen and oxygen atoms in total. The van der Waals surface area contributed by atoms with Gasteiger partial charge in [0.25, 0.3) is 5.91 Å². The summed E-state index contributed by atoms with van der Waals surface area (Å²) in [5.41, 5.74) is 1.65. The zero-order valence-electron chi connectivity index (χ0n) is 12.9. The number of rotatable bonds is 6. The van der Waals surface area contributed by atoms with Gasteiger partial charge in [0.1, 0.15) is 16.0 Å². The monoisotopic (exact) mass is 441 g/mol. The molecule has 0 fully saturated rings. The quantitative estimate of drug-likeness (QED) is 0.729. The van der Waals surface area contributed by atoms with Crippen LogP contribution in [0.2, 0.25) is 0 Å². The molecule has 0 atom stereocenters. The van der Waals surface area contributed by atoms with Crippen molar-refractivity contribution in [1.82, 2.24) is 5.32 Å². The van der Waals surface area contributed by atoms with Gasteiger partial charge in [-0.1, -0.05) is 34.1 Å². The van der Waals surface area contributed by atoms with E-state index >= 15 is 0 Å². The summed E-state index contributed by atoms with van der Waals surface area (Å²) in [6.45, 7) is 0.544. The average Bonchev–Trinajstić information content (AvgIpc) is 2.56. The van der Waals surface area contributed by atoms with Crippen molar-refractivity contribution in [3.8, 4) is 11.5 Å². The van der Waals surface area contributed by atoms with Crippen LogP contribution in [0.4, 0.5) is 0 Å². The van der Waals surface area contributed by atoms with E-state index in [1.807, 2.05) is 24.3 Å². The van der Waals surface area contributed by atoms with Crippen LogP contribution in [-0.4, -0.2) is 26.7 Å². The first-order valence-corrected chi connectivity index (χ1v) is 8.58. The Balaban J connectivity index is 2.05. The van der Waals surface area contributed by atoms with Crippen molar-refractivity contribution in [2.45, 2.75) is 6.42 Å². The lowest BCUT2D eigenvalue weighted by atomic mass is 10.1. The largest absolute Gasteiger partial charge is 0.495 e. The maximum atomic E-state index is 12.3. The van der Waals surface area contributed by atoms with Gasteiger partial charge in [-0.15, -0.1) is 0 Å². The molecule has 0 spiro atoms. The van der Waals surface area contributed by atoms with Crippen LogP contribution < -0.4 is 14.8 Å². The van der Waals surface area contributed by atoms with Crippen LogP contribution in [0.15, 0.2) is 45.3 Å². The Labute approximate surface area is 152 Å². The number of halogens is 2. The van der Waals surface area contributed by atoms with Gasteiger partial charge >= 0.3 is 0 Å². The van der Waals surface area contributed by atoms with E-state index in [0.717, 1.165) is 16.5 Å². The molecule has 2 aromatic rings. The second-order valence-corrected chi connectivity index (χ2v) is 6.44. The van der Waals surface area contributed by atoms with Gasteiger partial charge in [-0.05, 0) is 46.1 Å². The minimum absolute atomic E-state index is 0.166. The average molecular weight is 443 g/mol. The summed E-state index contributed by atoms with van der Waals surface area (Å²) in [6, 6.07) is 11.3. The van der Waals surface area contributed by atoms with Crippen LogP contribution >= 0.6 is 31.9 Å². The number of carbonyl (C=O) groups is 1. The molecule has 0 aromatic heterocycles. The first kappa shape index (κ1) is 17.8. The lowest BCUT2D eigenvalue weighted by molar-refractivity contribution is 0.0953. The lowest BCUT2D eigenvalue weighted by Gasteiger charge is -2.12. The third-order valence-electron chi connectivity index (χ3n) is 3.35. The second-order valence-electron chi connectivity index (χ2n) is 4.79. The standard InChI is InChI=1S/C17H17Br2NO3/c1-22-14-9-12(10-15(23-2)16(14)19)17(21)20-8-7-11-5-3-4-6-13(11)18/h3-6,9-10H,7-8H2,1-2H3,(H,20,21). The minimum atomic E-state index is -0.166. The fourth-order valence-electron chi connectivity index (χ4n) is 2.11. The molecule has 0 heterocycles. The highest BCUT2D eigenvalue weighted by Crippen LogP contribution is 2.35. The predicted octanol–water partition coefficient (Wildman–Crippen LogP) is 4.20. The van der Waals surface area contributed by atoms with Gasteiger partial charge in [0.05, 0.1) is 14.2 Å². The maximum absolute atomic E-state index is 12.3. The first-order valence-electron chi connectivity index (χ1n) is 7.00. The zero-order valence-corrected chi connectivity index (χ0v) is 16.0. The molecule has 0 bridgehead atoms. The Morgan fingerprint density at radius 1 is 1.09 bits per heavy atom. The summed E-state index contributed by atoms with van der Waals surface area (Å²) in [4.78, 5) is 12.3. The number of hydrogen-bond donors (Lipinski definition) is 1.